The first kappa shape index (κ1) is 27.6. The zero-order valence-electron chi connectivity index (χ0n) is 19.4. The van der Waals surface area contributed by atoms with Gasteiger partial charge in [-0.1, -0.05) is 161 Å². The summed E-state index contributed by atoms with van der Waals surface area (Å²) in [5.74, 6) is 2.48. The summed E-state index contributed by atoms with van der Waals surface area (Å²) in [5.41, 5.74) is 0. The molecule has 164 valence electrons. The SMILES string of the molecule is [C]#CCCCCCCCCCCCCCCCCCCCCCCCCC[CH2]. The van der Waals surface area contributed by atoms with Crippen LogP contribution in [-0.2, 0) is 0 Å². The maximum absolute atomic E-state index is 6.88. The molecule has 0 aliphatic heterocycles. The second-order valence-electron chi connectivity index (χ2n) is 8.91. The third-order valence-electron chi connectivity index (χ3n) is 6.05. The molecular formula is C28H52. The smallest absolute Gasteiger partial charge is 0.00989 e. The number of hydrogen-bond acceptors (Lipinski definition) is 0. The second-order valence-corrected chi connectivity index (χ2v) is 8.91. The van der Waals surface area contributed by atoms with E-state index < -0.39 is 0 Å². The van der Waals surface area contributed by atoms with E-state index in [9.17, 15) is 0 Å². The van der Waals surface area contributed by atoms with E-state index in [0.717, 1.165) is 12.8 Å². The first-order valence-corrected chi connectivity index (χ1v) is 13.1. The van der Waals surface area contributed by atoms with Gasteiger partial charge in [-0.15, -0.1) is 0 Å². The summed E-state index contributed by atoms with van der Waals surface area (Å²) in [6.07, 6.45) is 41.6. The summed E-state index contributed by atoms with van der Waals surface area (Å²) in [7, 11) is 0. The fourth-order valence-corrected chi connectivity index (χ4v) is 4.10. The average molecular weight is 389 g/mol. The van der Waals surface area contributed by atoms with Crippen LogP contribution in [-0.4, -0.2) is 0 Å². The molecule has 0 aromatic carbocycles. The molecular weight excluding hydrogens is 336 g/mol. The van der Waals surface area contributed by atoms with E-state index in [4.69, 9.17) is 6.42 Å². The van der Waals surface area contributed by atoms with Gasteiger partial charge in [0.15, 0.2) is 0 Å². The van der Waals surface area contributed by atoms with Crippen molar-refractivity contribution in [2.24, 2.45) is 0 Å². The van der Waals surface area contributed by atoms with E-state index in [1.165, 1.54) is 148 Å². The Kier molecular flexibility index (Phi) is 26.1. The fraction of sp³-hybridized carbons (Fsp3) is 0.893. The zero-order valence-corrected chi connectivity index (χ0v) is 19.4. The van der Waals surface area contributed by atoms with E-state index in [1.54, 1.807) is 0 Å². The first-order valence-electron chi connectivity index (χ1n) is 13.1. The Labute approximate surface area is 180 Å². The molecule has 0 saturated carbocycles. The van der Waals surface area contributed by atoms with E-state index in [0.29, 0.717) is 0 Å². The van der Waals surface area contributed by atoms with Gasteiger partial charge in [0.2, 0.25) is 0 Å². The summed E-state index contributed by atoms with van der Waals surface area (Å²) in [5, 5.41) is 0. The van der Waals surface area contributed by atoms with Crippen molar-refractivity contribution in [2.45, 2.75) is 161 Å². The molecule has 0 saturated heterocycles. The molecule has 2 radical (unpaired) electrons. The Hall–Kier alpha value is -0.440. The highest BCUT2D eigenvalue weighted by Crippen LogP contribution is 2.15. The van der Waals surface area contributed by atoms with E-state index >= 15 is 0 Å². The number of unbranched alkanes of at least 4 members (excludes halogenated alkanes) is 24. The number of rotatable bonds is 24. The fourth-order valence-electron chi connectivity index (χ4n) is 4.10. The highest BCUT2D eigenvalue weighted by atomic mass is 14.0. The van der Waals surface area contributed by atoms with Gasteiger partial charge in [-0.25, -0.2) is 0 Å². The Morgan fingerprint density at radius 3 is 0.786 bits per heavy atom. The minimum absolute atomic E-state index is 0.859. The first-order chi connectivity index (χ1) is 13.9. The molecule has 0 fully saturated rings. The lowest BCUT2D eigenvalue weighted by Gasteiger charge is -2.04. The molecule has 0 spiro atoms. The molecule has 0 amide bonds. The maximum atomic E-state index is 6.88. The van der Waals surface area contributed by atoms with Crippen molar-refractivity contribution in [1.82, 2.24) is 0 Å². The van der Waals surface area contributed by atoms with Crippen LogP contribution in [0.1, 0.15) is 161 Å². The van der Waals surface area contributed by atoms with Crippen LogP contribution in [0.2, 0.25) is 0 Å². The van der Waals surface area contributed by atoms with Crippen molar-refractivity contribution in [3.05, 3.63) is 13.3 Å². The van der Waals surface area contributed by atoms with Crippen LogP contribution in [0.25, 0.3) is 0 Å². The quantitative estimate of drug-likeness (QED) is 0.114. The standard InChI is InChI=1S/C28H52/c1-3-5-7-9-11-13-15-17-19-21-23-25-27-28-26-24-22-20-18-16-14-12-10-8-6-4-2/h1,3,5-28H2. The highest BCUT2D eigenvalue weighted by Gasteiger charge is 1.96. The van der Waals surface area contributed by atoms with Crippen molar-refractivity contribution in [3.8, 4) is 5.92 Å². The van der Waals surface area contributed by atoms with Gasteiger partial charge >= 0.3 is 0 Å². The van der Waals surface area contributed by atoms with Crippen LogP contribution in [0.15, 0.2) is 0 Å². The van der Waals surface area contributed by atoms with E-state index in [2.05, 4.69) is 12.8 Å². The minimum atomic E-state index is 0.859. The van der Waals surface area contributed by atoms with Crippen molar-refractivity contribution in [3.63, 3.8) is 0 Å². The van der Waals surface area contributed by atoms with Crippen LogP contribution < -0.4 is 0 Å². The lowest BCUT2D eigenvalue weighted by molar-refractivity contribution is 0.517. The summed E-state index contributed by atoms with van der Waals surface area (Å²) in [6, 6.07) is 0. The van der Waals surface area contributed by atoms with Gasteiger partial charge in [0.1, 0.15) is 0 Å². The second kappa shape index (κ2) is 26.6. The van der Waals surface area contributed by atoms with Gasteiger partial charge in [0.25, 0.3) is 0 Å². The van der Waals surface area contributed by atoms with Crippen LogP contribution in [0.5, 0.6) is 0 Å². The molecule has 0 atom stereocenters. The summed E-state index contributed by atoms with van der Waals surface area (Å²) < 4.78 is 0. The monoisotopic (exact) mass is 388 g/mol. The molecule has 28 heavy (non-hydrogen) atoms. The zero-order chi connectivity index (χ0) is 20.4. The normalized spacial score (nSPS) is 11.0. The van der Waals surface area contributed by atoms with Gasteiger partial charge < -0.3 is 0 Å². The molecule has 0 heteroatoms. The highest BCUT2D eigenvalue weighted by molar-refractivity contribution is 4.74. The molecule has 0 rings (SSSR count). The topological polar surface area (TPSA) is 0 Å². The van der Waals surface area contributed by atoms with Gasteiger partial charge in [0, 0.05) is 6.42 Å². The predicted octanol–water partition coefficient (Wildman–Crippen LogP) is 10.2. The molecule has 0 aliphatic rings. The molecule has 0 unspecified atom stereocenters. The predicted molar refractivity (Wildman–Crippen MR) is 128 cm³/mol. The van der Waals surface area contributed by atoms with Crippen molar-refractivity contribution < 1.29 is 0 Å². The van der Waals surface area contributed by atoms with E-state index in [1.807, 2.05) is 0 Å². The Morgan fingerprint density at radius 2 is 0.571 bits per heavy atom. The summed E-state index contributed by atoms with van der Waals surface area (Å²) in [6.45, 7) is 3.91. The molecule has 0 bridgehead atoms. The third-order valence-corrected chi connectivity index (χ3v) is 6.05. The Bertz CT molecular complexity index is 298. The van der Waals surface area contributed by atoms with Gasteiger partial charge in [-0.3, -0.25) is 0 Å². The van der Waals surface area contributed by atoms with E-state index in [-0.39, 0.29) is 0 Å². The van der Waals surface area contributed by atoms with Gasteiger partial charge in [0.05, 0.1) is 0 Å². The lowest BCUT2D eigenvalue weighted by Crippen LogP contribution is -1.84. The van der Waals surface area contributed by atoms with Gasteiger partial charge in [-0.2, -0.15) is 0 Å². The molecule has 0 nitrogen and oxygen atoms in total. The average Bonchev–Trinajstić information content (AvgIpc) is 2.71. The van der Waals surface area contributed by atoms with Crippen LogP contribution in [0.4, 0.5) is 0 Å². The minimum Gasteiger partial charge on any atom is -0.0891 e. The van der Waals surface area contributed by atoms with Crippen molar-refractivity contribution in [2.75, 3.05) is 0 Å². The molecule has 0 aromatic rings. The summed E-state index contributed by atoms with van der Waals surface area (Å²) >= 11 is 0. The third kappa shape index (κ3) is 25.6. The van der Waals surface area contributed by atoms with Gasteiger partial charge in [-0.05, 0) is 12.8 Å². The summed E-state index contributed by atoms with van der Waals surface area (Å²) in [4.78, 5) is 0. The molecule has 0 heterocycles. The maximum Gasteiger partial charge on any atom is 0.00989 e. The Morgan fingerprint density at radius 1 is 0.357 bits per heavy atom. The number of hydrogen-bond donors (Lipinski definition) is 0. The Balaban J connectivity index is 2.97. The largest absolute Gasteiger partial charge is 0.0891 e. The lowest BCUT2D eigenvalue weighted by atomic mass is 10.0. The molecule has 0 aliphatic carbocycles. The molecule has 0 aromatic heterocycles. The van der Waals surface area contributed by atoms with Crippen LogP contribution in [0, 0.1) is 19.3 Å². The molecule has 0 N–H and O–H groups in total. The van der Waals surface area contributed by atoms with Crippen molar-refractivity contribution in [1.29, 1.82) is 0 Å². The van der Waals surface area contributed by atoms with Crippen molar-refractivity contribution >= 4 is 0 Å². The van der Waals surface area contributed by atoms with Crippen LogP contribution >= 0.6 is 0 Å². The van der Waals surface area contributed by atoms with Crippen LogP contribution in [0.3, 0.4) is 0 Å².